The highest BCUT2D eigenvalue weighted by atomic mass is 16.6. The van der Waals surface area contributed by atoms with E-state index in [4.69, 9.17) is 4.74 Å². The number of para-hydroxylation sites is 1. The maximum absolute atomic E-state index is 12.6. The highest BCUT2D eigenvalue weighted by Crippen LogP contribution is 2.20. The van der Waals surface area contributed by atoms with Crippen molar-refractivity contribution in [2.45, 2.75) is 13.0 Å². The van der Waals surface area contributed by atoms with E-state index >= 15 is 0 Å². The zero-order chi connectivity index (χ0) is 19.4. The molecule has 0 aliphatic rings. The third-order valence-corrected chi connectivity index (χ3v) is 4.01. The first-order chi connectivity index (χ1) is 13.0. The molecule has 0 radical (unpaired) electrons. The van der Waals surface area contributed by atoms with E-state index < -0.39 is 17.0 Å². The lowest BCUT2D eigenvalue weighted by atomic mass is 10.1. The number of hydrogen-bond acceptors (Lipinski definition) is 5. The molecule has 0 bridgehead atoms. The summed E-state index contributed by atoms with van der Waals surface area (Å²) >= 11 is 0. The van der Waals surface area contributed by atoms with Crippen molar-refractivity contribution in [1.82, 2.24) is 4.98 Å². The van der Waals surface area contributed by atoms with Gasteiger partial charge < -0.3 is 9.72 Å². The van der Waals surface area contributed by atoms with Gasteiger partial charge in [0, 0.05) is 40.9 Å². The lowest BCUT2D eigenvalue weighted by molar-refractivity contribution is -0.384. The summed E-state index contributed by atoms with van der Waals surface area (Å²) in [4.78, 5) is 37.8. The number of aromatic nitrogens is 1. The van der Waals surface area contributed by atoms with Gasteiger partial charge in [-0.05, 0) is 24.6 Å². The Morgan fingerprint density at radius 2 is 1.96 bits per heavy atom. The highest BCUT2D eigenvalue weighted by molar-refractivity contribution is 6.10. The Hall–Kier alpha value is -3.74. The van der Waals surface area contributed by atoms with Crippen LogP contribution in [0.3, 0.4) is 0 Å². The highest BCUT2D eigenvalue weighted by Gasteiger charge is 2.21. The topological polar surface area (TPSA) is 102 Å². The van der Waals surface area contributed by atoms with E-state index in [2.05, 4.69) is 4.98 Å². The molecule has 3 aromatic rings. The molecule has 1 unspecified atom stereocenters. The molecule has 0 aliphatic heterocycles. The number of nitro groups is 1. The van der Waals surface area contributed by atoms with Crippen molar-refractivity contribution in [2.75, 3.05) is 0 Å². The Bertz CT molecular complexity index is 1050. The maximum Gasteiger partial charge on any atom is 0.331 e. The number of nitro benzene ring substituents is 1. The molecule has 0 spiro atoms. The van der Waals surface area contributed by atoms with Crippen LogP contribution >= 0.6 is 0 Å². The van der Waals surface area contributed by atoms with Gasteiger partial charge in [-0.25, -0.2) is 4.79 Å². The number of nitrogens with one attached hydrogen (secondary N) is 1. The van der Waals surface area contributed by atoms with Gasteiger partial charge in [-0.15, -0.1) is 0 Å². The van der Waals surface area contributed by atoms with Gasteiger partial charge in [0.2, 0.25) is 5.78 Å². The standard InChI is InChI=1S/C20H16N2O5/c1-13(20(24)17-12-21-18-8-3-2-7-16(17)18)27-19(23)10-9-14-5-4-6-15(11-14)22(25)26/h2-13,21H,1H3/b10-9+. The molecule has 1 heterocycles. The third kappa shape index (κ3) is 4.09. The van der Waals surface area contributed by atoms with Gasteiger partial charge in [0.25, 0.3) is 5.69 Å². The molecule has 0 aliphatic carbocycles. The fourth-order valence-corrected chi connectivity index (χ4v) is 2.67. The fraction of sp³-hybridized carbons (Fsp3) is 0.100. The second-order valence-electron chi connectivity index (χ2n) is 5.88. The summed E-state index contributed by atoms with van der Waals surface area (Å²) in [7, 11) is 0. The number of H-pyrrole nitrogens is 1. The summed E-state index contributed by atoms with van der Waals surface area (Å²) in [6.45, 7) is 1.50. The molecular weight excluding hydrogens is 348 g/mol. The van der Waals surface area contributed by atoms with Crippen LogP contribution in [-0.2, 0) is 9.53 Å². The largest absolute Gasteiger partial charge is 0.451 e. The quantitative estimate of drug-likeness (QED) is 0.235. The number of ether oxygens (including phenoxy) is 1. The van der Waals surface area contributed by atoms with Crippen molar-refractivity contribution in [2.24, 2.45) is 0 Å². The Kier molecular flexibility index (Phi) is 5.12. The first kappa shape index (κ1) is 18.1. The molecule has 1 aromatic heterocycles. The summed E-state index contributed by atoms with van der Waals surface area (Å²) in [6, 6.07) is 13.2. The lowest BCUT2D eigenvalue weighted by Gasteiger charge is -2.10. The summed E-state index contributed by atoms with van der Waals surface area (Å²) in [5.41, 5.74) is 1.68. The van der Waals surface area contributed by atoms with E-state index in [9.17, 15) is 19.7 Å². The van der Waals surface area contributed by atoms with Gasteiger partial charge >= 0.3 is 5.97 Å². The molecule has 3 rings (SSSR count). The average molecular weight is 364 g/mol. The van der Waals surface area contributed by atoms with E-state index in [-0.39, 0.29) is 11.5 Å². The number of aromatic amines is 1. The number of esters is 1. The van der Waals surface area contributed by atoms with E-state index in [0.717, 1.165) is 17.0 Å². The molecule has 1 N–H and O–H groups in total. The van der Waals surface area contributed by atoms with Crippen molar-refractivity contribution < 1.29 is 19.2 Å². The molecule has 0 fully saturated rings. The number of carbonyl (C=O) groups is 2. The smallest absolute Gasteiger partial charge is 0.331 e. The van der Waals surface area contributed by atoms with E-state index in [1.807, 2.05) is 24.3 Å². The molecule has 1 atom stereocenters. The SMILES string of the molecule is CC(OC(=O)/C=C/c1cccc([N+](=O)[O-])c1)C(=O)c1c[nH]c2ccccc12. The molecule has 7 nitrogen and oxygen atoms in total. The van der Waals surface area contributed by atoms with Crippen molar-refractivity contribution in [3.05, 3.63) is 82.0 Å². The van der Waals surface area contributed by atoms with E-state index in [1.165, 1.54) is 31.2 Å². The second kappa shape index (κ2) is 7.65. The molecule has 136 valence electrons. The Balaban J connectivity index is 1.67. The number of fused-ring (bicyclic) bond motifs is 1. The van der Waals surface area contributed by atoms with E-state index in [1.54, 1.807) is 12.3 Å². The monoisotopic (exact) mass is 364 g/mol. The molecule has 7 heteroatoms. The van der Waals surface area contributed by atoms with Gasteiger partial charge in [0.05, 0.1) is 4.92 Å². The van der Waals surface area contributed by atoms with Crippen molar-refractivity contribution in [1.29, 1.82) is 0 Å². The van der Waals surface area contributed by atoms with Gasteiger partial charge in [-0.2, -0.15) is 0 Å². The first-order valence-electron chi connectivity index (χ1n) is 8.19. The van der Waals surface area contributed by atoms with Crippen LogP contribution in [0.25, 0.3) is 17.0 Å². The predicted octanol–water partition coefficient (Wildman–Crippen LogP) is 3.90. The van der Waals surface area contributed by atoms with Gasteiger partial charge in [-0.1, -0.05) is 30.3 Å². The minimum Gasteiger partial charge on any atom is -0.451 e. The fourth-order valence-electron chi connectivity index (χ4n) is 2.67. The number of hydrogen-bond donors (Lipinski definition) is 1. The van der Waals surface area contributed by atoms with Crippen molar-refractivity contribution in [3.63, 3.8) is 0 Å². The summed E-state index contributed by atoms with van der Waals surface area (Å²) in [5.74, 6) is -1.02. The predicted molar refractivity (Wildman–Crippen MR) is 100 cm³/mol. The van der Waals surface area contributed by atoms with Crippen LogP contribution in [0.2, 0.25) is 0 Å². The van der Waals surface area contributed by atoms with Crippen LogP contribution in [0.5, 0.6) is 0 Å². The zero-order valence-electron chi connectivity index (χ0n) is 14.4. The van der Waals surface area contributed by atoms with Gasteiger partial charge in [0.1, 0.15) is 0 Å². The molecular formula is C20H16N2O5. The number of non-ortho nitro benzene ring substituents is 1. The minimum absolute atomic E-state index is 0.0756. The normalized spacial score (nSPS) is 12.2. The third-order valence-electron chi connectivity index (χ3n) is 4.01. The Labute approximate surface area is 154 Å². The lowest BCUT2D eigenvalue weighted by Crippen LogP contribution is -2.23. The maximum atomic E-state index is 12.6. The number of benzene rings is 2. The van der Waals surface area contributed by atoms with Crippen LogP contribution in [-0.4, -0.2) is 27.8 Å². The number of Topliss-reactive ketones (excluding diaryl/α,β-unsaturated/α-hetero) is 1. The second-order valence-corrected chi connectivity index (χ2v) is 5.88. The van der Waals surface area contributed by atoms with Crippen LogP contribution in [0.1, 0.15) is 22.8 Å². The summed E-state index contributed by atoms with van der Waals surface area (Å²) in [6.07, 6.45) is 3.17. The Morgan fingerprint density at radius 3 is 2.74 bits per heavy atom. The van der Waals surface area contributed by atoms with Gasteiger partial charge in [-0.3, -0.25) is 14.9 Å². The van der Waals surface area contributed by atoms with Crippen molar-refractivity contribution >= 4 is 34.4 Å². The van der Waals surface area contributed by atoms with Crippen LogP contribution in [0, 0.1) is 10.1 Å². The molecule has 2 aromatic carbocycles. The average Bonchev–Trinajstić information content (AvgIpc) is 3.10. The number of carbonyl (C=O) groups excluding carboxylic acids is 2. The van der Waals surface area contributed by atoms with E-state index in [0.29, 0.717) is 11.1 Å². The number of nitrogens with zero attached hydrogens (tertiary/aromatic N) is 1. The zero-order valence-corrected chi connectivity index (χ0v) is 14.4. The van der Waals surface area contributed by atoms with Crippen molar-refractivity contribution in [3.8, 4) is 0 Å². The summed E-state index contributed by atoms with van der Waals surface area (Å²) < 4.78 is 5.16. The molecule has 0 saturated carbocycles. The molecule has 0 amide bonds. The molecule has 27 heavy (non-hydrogen) atoms. The number of rotatable bonds is 6. The van der Waals surface area contributed by atoms with Gasteiger partial charge in [0.15, 0.2) is 6.10 Å². The Morgan fingerprint density at radius 1 is 1.19 bits per heavy atom. The van der Waals surface area contributed by atoms with Crippen LogP contribution < -0.4 is 0 Å². The molecule has 0 saturated heterocycles. The summed E-state index contributed by atoms with van der Waals surface area (Å²) in [5, 5.41) is 11.5. The minimum atomic E-state index is -0.966. The van der Waals surface area contributed by atoms with Crippen LogP contribution in [0.4, 0.5) is 5.69 Å². The van der Waals surface area contributed by atoms with Crippen LogP contribution in [0.15, 0.2) is 60.8 Å². The first-order valence-corrected chi connectivity index (χ1v) is 8.19. The number of ketones is 1.